The van der Waals surface area contributed by atoms with Crippen LogP contribution in [-0.2, 0) is 6.54 Å². The molecule has 1 aromatic heterocycles. The largest absolute Gasteiger partial charge is 0.476 e. The molecule has 0 radical (unpaired) electrons. The number of carboxylic acid groups (broad SMARTS) is 1. The zero-order chi connectivity index (χ0) is 9.84. The van der Waals surface area contributed by atoms with Gasteiger partial charge in [-0.2, -0.15) is 0 Å². The fraction of sp³-hybridized carbons (Fsp3) is 0.625. The van der Waals surface area contributed by atoms with Crippen LogP contribution >= 0.6 is 0 Å². The highest BCUT2D eigenvalue weighted by atomic mass is 16.4. The maximum absolute atomic E-state index is 10.8. The van der Waals surface area contributed by atoms with Gasteiger partial charge in [-0.25, -0.2) is 9.48 Å². The van der Waals surface area contributed by atoms with Gasteiger partial charge in [-0.05, 0) is 13.3 Å². The standard InChI is InChI=1S/C8H13N3O2/c1-3-4-5-11-7(8(12)13)6(2)9-10-11/h3-5H2,1-2H3,(H,12,13). The number of aryl methyl sites for hydroxylation is 2. The minimum Gasteiger partial charge on any atom is -0.476 e. The van der Waals surface area contributed by atoms with E-state index in [9.17, 15) is 4.79 Å². The Balaban J connectivity index is 2.87. The average Bonchev–Trinajstić information content (AvgIpc) is 2.43. The first kappa shape index (κ1) is 9.70. The van der Waals surface area contributed by atoms with E-state index in [0.717, 1.165) is 12.8 Å². The van der Waals surface area contributed by atoms with Crippen LogP contribution in [0.1, 0.15) is 35.9 Å². The molecule has 1 aromatic rings. The molecule has 1 rings (SSSR count). The summed E-state index contributed by atoms with van der Waals surface area (Å²) in [6, 6.07) is 0. The molecule has 72 valence electrons. The van der Waals surface area contributed by atoms with Gasteiger partial charge in [0.1, 0.15) is 0 Å². The number of hydrogen-bond acceptors (Lipinski definition) is 3. The second-order valence-electron chi connectivity index (χ2n) is 2.91. The van der Waals surface area contributed by atoms with Crippen molar-refractivity contribution in [3.05, 3.63) is 11.4 Å². The van der Waals surface area contributed by atoms with Gasteiger partial charge >= 0.3 is 5.97 Å². The molecule has 13 heavy (non-hydrogen) atoms. The number of nitrogens with zero attached hydrogens (tertiary/aromatic N) is 3. The van der Waals surface area contributed by atoms with E-state index in [0.29, 0.717) is 12.2 Å². The summed E-state index contributed by atoms with van der Waals surface area (Å²) in [6.45, 7) is 4.32. The zero-order valence-corrected chi connectivity index (χ0v) is 7.82. The Bertz CT molecular complexity index is 306. The predicted molar refractivity (Wildman–Crippen MR) is 46.6 cm³/mol. The van der Waals surface area contributed by atoms with Crippen molar-refractivity contribution in [2.75, 3.05) is 0 Å². The van der Waals surface area contributed by atoms with Gasteiger partial charge in [0.15, 0.2) is 5.69 Å². The summed E-state index contributed by atoms with van der Waals surface area (Å²) >= 11 is 0. The lowest BCUT2D eigenvalue weighted by Gasteiger charge is -2.00. The number of aromatic carboxylic acids is 1. The Hall–Kier alpha value is -1.39. The number of unbranched alkanes of at least 4 members (excludes halogenated alkanes) is 1. The van der Waals surface area contributed by atoms with Crippen molar-refractivity contribution in [3.63, 3.8) is 0 Å². The van der Waals surface area contributed by atoms with Gasteiger partial charge in [-0.1, -0.05) is 18.6 Å². The maximum Gasteiger partial charge on any atom is 0.356 e. The second-order valence-corrected chi connectivity index (χ2v) is 2.91. The van der Waals surface area contributed by atoms with E-state index in [2.05, 4.69) is 10.3 Å². The fourth-order valence-electron chi connectivity index (χ4n) is 1.13. The molecular formula is C8H13N3O2. The molecule has 0 bridgehead atoms. The van der Waals surface area contributed by atoms with E-state index in [1.807, 2.05) is 6.92 Å². The van der Waals surface area contributed by atoms with Crippen LogP contribution in [0.2, 0.25) is 0 Å². The molecule has 0 aliphatic heterocycles. The molecule has 0 saturated heterocycles. The van der Waals surface area contributed by atoms with Crippen molar-refractivity contribution in [2.45, 2.75) is 33.2 Å². The monoisotopic (exact) mass is 183 g/mol. The number of carboxylic acids is 1. The lowest BCUT2D eigenvalue weighted by Crippen LogP contribution is -2.11. The Kier molecular flexibility index (Phi) is 3.00. The Morgan fingerprint density at radius 2 is 2.31 bits per heavy atom. The van der Waals surface area contributed by atoms with Crippen molar-refractivity contribution in [3.8, 4) is 0 Å². The van der Waals surface area contributed by atoms with Crippen molar-refractivity contribution < 1.29 is 9.90 Å². The van der Waals surface area contributed by atoms with Gasteiger partial charge in [0, 0.05) is 6.54 Å². The van der Waals surface area contributed by atoms with Crippen molar-refractivity contribution >= 4 is 5.97 Å². The molecule has 0 fully saturated rings. The van der Waals surface area contributed by atoms with E-state index >= 15 is 0 Å². The van der Waals surface area contributed by atoms with Gasteiger partial charge in [-0.3, -0.25) is 0 Å². The third-order valence-corrected chi connectivity index (χ3v) is 1.83. The third kappa shape index (κ3) is 2.05. The topological polar surface area (TPSA) is 68.0 Å². The normalized spacial score (nSPS) is 10.3. The molecule has 0 atom stereocenters. The first-order chi connectivity index (χ1) is 6.16. The average molecular weight is 183 g/mol. The SMILES string of the molecule is CCCCn1nnc(C)c1C(=O)O. The highest BCUT2D eigenvalue weighted by molar-refractivity contribution is 5.86. The summed E-state index contributed by atoms with van der Waals surface area (Å²) in [5, 5.41) is 16.3. The van der Waals surface area contributed by atoms with E-state index in [1.54, 1.807) is 6.92 Å². The van der Waals surface area contributed by atoms with Crippen LogP contribution in [0.25, 0.3) is 0 Å². The first-order valence-corrected chi connectivity index (χ1v) is 4.30. The van der Waals surface area contributed by atoms with Crippen molar-refractivity contribution in [2.24, 2.45) is 0 Å². The zero-order valence-electron chi connectivity index (χ0n) is 7.82. The molecule has 0 spiro atoms. The molecule has 5 nitrogen and oxygen atoms in total. The Morgan fingerprint density at radius 1 is 1.62 bits per heavy atom. The van der Waals surface area contributed by atoms with Gasteiger partial charge in [-0.15, -0.1) is 5.10 Å². The quantitative estimate of drug-likeness (QED) is 0.758. The lowest BCUT2D eigenvalue weighted by atomic mass is 10.3. The molecule has 0 aliphatic carbocycles. The minimum atomic E-state index is -0.960. The Morgan fingerprint density at radius 3 is 2.85 bits per heavy atom. The van der Waals surface area contributed by atoms with Gasteiger partial charge in [0.2, 0.25) is 0 Å². The van der Waals surface area contributed by atoms with Crippen LogP contribution in [0.15, 0.2) is 0 Å². The summed E-state index contributed by atoms with van der Waals surface area (Å²) < 4.78 is 1.45. The highest BCUT2D eigenvalue weighted by Crippen LogP contribution is 2.05. The van der Waals surface area contributed by atoms with Gasteiger partial charge in [0.25, 0.3) is 0 Å². The Labute approximate surface area is 76.4 Å². The molecule has 1 N–H and O–H groups in total. The summed E-state index contributed by atoms with van der Waals surface area (Å²) in [7, 11) is 0. The molecule has 0 aliphatic rings. The predicted octanol–water partition coefficient (Wildman–Crippen LogP) is 1.08. The van der Waals surface area contributed by atoms with Crippen molar-refractivity contribution in [1.82, 2.24) is 15.0 Å². The first-order valence-electron chi connectivity index (χ1n) is 4.30. The number of hydrogen-bond donors (Lipinski definition) is 1. The van der Waals surface area contributed by atoms with Gasteiger partial charge in [0.05, 0.1) is 5.69 Å². The van der Waals surface area contributed by atoms with Crippen molar-refractivity contribution in [1.29, 1.82) is 0 Å². The maximum atomic E-state index is 10.8. The van der Waals surface area contributed by atoms with Crippen LogP contribution in [0.5, 0.6) is 0 Å². The lowest BCUT2D eigenvalue weighted by molar-refractivity contribution is 0.0682. The van der Waals surface area contributed by atoms with E-state index in [4.69, 9.17) is 5.11 Å². The minimum absolute atomic E-state index is 0.202. The van der Waals surface area contributed by atoms with Gasteiger partial charge < -0.3 is 5.11 Å². The highest BCUT2D eigenvalue weighted by Gasteiger charge is 2.15. The smallest absolute Gasteiger partial charge is 0.356 e. The van der Waals surface area contributed by atoms with Crippen LogP contribution in [0.4, 0.5) is 0 Å². The summed E-state index contributed by atoms with van der Waals surface area (Å²) in [5.74, 6) is -0.960. The molecule has 1 heterocycles. The van der Waals surface area contributed by atoms with Crippen LogP contribution in [0.3, 0.4) is 0 Å². The molecule has 0 unspecified atom stereocenters. The summed E-state index contributed by atoms with van der Waals surface area (Å²) in [6.07, 6.45) is 1.93. The van der Waals surface area contributed by atoms with Crippen LogP contribution in [0, 0.1) is 6.92 Å². The molecular weight excluding hydrogens is 170 g/mol. The number of rotatable bonds is 4. The van der Waals surface area contributed by atoms with Crippen LogP contribution < -0.4 is 0 Å². The second kappa shape index (κ2) is 4.02. The van der Waals surface area contributed by atoms with E-state index in [-0.39, 0.29) is 5.69 Å². The summed E-state index contributed by atoms with van der Waals surface area (Å²) in [5.41, 5.74) is 0.678. The molecule has 5 heteroatoms. The van der Waals surface area contributed by atoms with E-state index < -0.39 is 5.97 Å². The molecule has 0 saturated carbocycles. The molecule has 0 aromatic carbocycles. The third-order valence-electron chi connectivity index (χ3n) is 1.83. The fourth-order valence-corrected chi connectivity index (χ4v) is 1.13. The molecule has 0 amide bonds. The van der Waals surface area contributed by atoms with Crippen LogP contribution in [-0.4, -0.2) is 26.1 Å². The summed E-state index contributed by atoms with van der Waals surface area (Å²) in [4.78, 5) is 10.8. The van der Waals surface area contributed by atoms with E-state index in [1.165, 1.54) is 4.68 Å². The number of aromatic nitrogens is 3. The number of carbonyl (C=O) groups is 1.